The van der Waals surface area contributed by atoms with E-state index in [1.165, 1.54) is 22.3 Å². The van der Waals surface area contributed by atoms with Crippen LogP contribution in [0, 0.1) is 19.8 Å². The Kier molecular flexibility index (Phi) is 6.92. The van der Waals surface area contributed by atoms with Crippen LogP contribution in [-0.4, -0.2) is 42.4 Å². The Labute approximate surface area is 170 Å². The van der Waals surface area contributed by atoms with E-state index in [4.69, 9.17) is 4.74 Å². The van der Waals surface area contributed by atoms with Crippen LogP contribution in [0.1, 0.15) is 41.5 Å². The highest BCUT2D eigenvalue weighted by molar-refractivity contribution is 5.32. The van der Waals surface area contributed by atoms with Gasteiger partial charge in [0.15, 0.2) is 0 Å². The first kappa shape index (κ1) is 21.0. The van der Waals surface area contributed by atoms with Gasteiger partial charge in [-0.15, -0.1) is 0 Å². The van der Waals surface area contributed by atoms with Crippen molar-refractivity contribution in [3.63, 3.8) is 0 Å². The number of hydrogen-bond acceptors (Lipinski definition) is 3. The number of benzene rings is 2. The maximum absolute atomic E-state index is 11.7. The molecular weight excluding hydrogens is 346 g/mol. The highest BCUT2D eigenvalue weighted by Gasteiger charge is 2.42. The van der Waals surface area contributed by atoms with Crippen LogP contribution in [-0.2, 0) is 17.8 Å². The molecule has 28 heavy (non-hydrogen) atoms. The van der Waals surface area contributed by atoms with E-state index in [9.17, 15) is 5.11 Å². The third-order valence-electron chi connectivity index (χ3n) is 6.12. The molecule has 3 rings (SSSR count). The SMILES string of the molecule is Cc1ccc(C)c(CC2(O)CCC(OCc3ccccc3)CC2CN(C)C)c1. The average Bonchev–Trinajstić information content (AvgIpc) is 2.66. The van der Waals surface area contributed by atoms with Gasteiger partial charge in [0.05, 0.1) is 18.3 Å². The molecule has 152 valence electrons. The lowest BCUT2D eigenvalue weighted by molar-refractivity contribution is -0.105. The van der Waals surface area contributed by atoms with Crippen molar-refractivity contribution < 1.29 is 9.84 Å². The van der Waals surface area contributed by atoms with Gasteiger partial charge in [0.1, 0.15) is 0 Å². The predicted molar refractivity (Wildman–Crippen MR) is 115 cm³/mol. The van der Waals surface area contributed by atoms with Crippen LogP contribution < -0.4 is 0 Å². The van der Waals surface area contributed by atoms with Crippen molar-refractivity contribution in [3.8, 4) is 0 Å². The van der Waals surface area contributed by atoms with E-state index in [0.717, 1.165) is 32.2 Å². The molecule has 1 aliphatic rings. The Hall–Kier alpha value is -1.68. The average molecular weight is 382 g/mol. The van der Waals surface area contributed by atoms with Crippen LogP contribution in [0.15, 0.2) is 48.5 Å². The summed E-state index contributed by atoms with van der Waals surface area (Å²) in [5, 5.41) is 11.7. The summed E-state index contributed by atoms with van der Waals surface area (Å²) >= 11 is 0. The van der Waals surface area contributed by atoms with Crippen LogP contribution >= 0.6 is 0 Å². The molecule has 0 bridgehead atoms. The second-order valence-corrected chi connectivity index (χ2v) is 8.86. The lowest BCUT2D eigenvalue weighted by Crippen LogP contribution is -2.50. The third-order valence-corrected chi connectivity index (χ3v) is 6.12. The van der Waals surface area contributed by atoms with Crippen molar-refractivity contribution in [2.75, 3.05) is 20.6 Å². The molecule has 1 fully saturated rings. The molecule has 0 saturated heterocycles. The molecule has 2 aromatic carbocycles. The monoisotopic (exact) mass is 381 g/mol. The molecule has 3 nitrogen and oxygen atoms in total. The largest absolute Gasteiger partial charge is 0.389 e. The van der Waals surface area contributed by atoms with Crippen molar-refractivity contribution in [1.29, 1.82) is 0 Å². The van der Waals surface area contributed by atoms with Gasteiger partial charge in [0, 0.05) is 18.9 Å². The Morgan fingerprint density at radius 2 is 1.86 bits per heavy atom. The molecule has 0 heterocycles. The van der Waals surface area contributed by atoms with E-state index in [-0.39, 0.29) is 12.0 Å². The summed E-state index contributed by atoms with van der Waals surface area (Å²) in [6.45, 7) is 5.80. The fraction of sp³-hybridized carbons (Fsp3) is 0.520. The Morgan fingerprint density at radius 3 is 2.57 bits per heavy atom. The summed E-state index contributed by atoms with van der Waals surface area (Å²) in [7, 11) is 4.18. The van der Waals surface area contributed by atoms with Gasteiger partial charge in [-0.1, -0.05) is 54.1 Å². The molecule has 0 spiro atoms. The lowest BCUT2D eigenvalue weighted by Gasteiger charge is -2.44. The van der Waals surface area contributed by atoms with Gasteiger partial charge in [-0.25, -0.2) is 0 Å². The highest BCUT2D eigenvalue weighted by Crippen LogP contribution is 2.39. The van der Waals surface area contributed by atoms with Crippen LogP contribution in [0.5, 0.6) is 0 Å². The first-order valence-corrected chi connectivity index (χ1v) is 10.4. The summed E-state index contributed by atoms with van der Waals surface area (Å²) in [4.78, 5) is 2.19. The molecular formula is C25H35NO2. The normalized spacial score (nSPS) is 25.2. The van der Waals surface area contributed by atoms with Gasteiger partial charge in [0.2, 0.25) is 0 Å². The van der Waals surface area contributed by atoms with Gasteiger partial charge in [-0.05, 0) is 63.9 Å². The maximum atomic E-state index is 11.7. The van der Waals surface area contributed by atoms with Crippen molar-refractivity contribution in [2.24, 2.45) is 5.92 Å². The number of hydrogen-bond donors (Lipinski definition) is 1. The predicted octanol–water partition coefficient (Wildman–Crippen LogP) is 4.52. The van der Waals surface area contributed by atoms with Gasteiger partial charge >= 0.3 is 0 Å². The molecule has 0 radical (unpaired) electrons. The molecule has 1 saturated carbocycles. The van der Waals surface area contributed by atoms with E-state index in [2.05, 4.69) is 75.3 Å². The standard InChI is InChI=1S/C25H35NO2/c1-19-10-11-20(2)22(14-19)16-25(27)13-12-24(15-23(25)17-26(3)4)28-18-21-8-6-5-7-9-21/h5-11,14,23-24,27H,12-13,15-18H2,1-4H3. The van der Waals surface area contributed by atoms with Crippen LogP contribution in [0.4, 0.5) is 0 Å². The van der Waals surface area contributed by atoms with Crippen molar-refractivity contribution in [2.45, 2.75) is 57.8 Å². The minimum absolute atomic E-state index is 0.205. The molecule has 1 N–H and O–H groups in total. The summed E-state index contributed by atoms with van der Waals surface area (Å²) in [6.07, 6.45) is 3.55. The second-order valence-electron chi connectivity index (χ2n) is 8.86. The smallest absolute Gasteiger partial charge is 0.0730 e. The first-order chi connectivity index (χ1) is 13.4. The first-order valence-electron chi connectivity index (χ1n) is 10.4. The third kappa shape index (κ3) is 5.44. The van der Waals surface area contributed by atoms with Crippen molar-refractivity contribution >= 4 is 0 Å². The molecule has 0 aromatic heterocycles. The molecule has 2 aromatic rings. The zero-order valence-electron chi connectivity index (χ0n) is 17.8. The number of rotatable bonds is 7. The number of aliphatic hydroxyl groups is 1. The molecule has 3 unspecified atom stereocenters. The van der Waals surface area contributed by atoms with Gasteiger partial charge in [0.25, 0.3) is 0 Å². The molecule has 1 aliphatic carbocycles. The summed E-state index contributed by atoms with van der Waals surface area (Å²) in [6, 6.07) is 16.9. The number of aryl methyl sites for hydroxylation is 2. The summed E-state index contributed by atoms with van der Waals surface area (Å²) in [5.74, 6) is 0.205. The number of ether oxygens (including phenoxy) is 1. The maximum Gasteiger partial charge on any atom is 0.0730 e. The minimum atomic E-state index is -0.671. The lowest BCUT2D eigenvalue weighted by atomic mass is 9.70. The minimum Gasteiger partial charge on any atom is -0.389 e. The van der Waals surface area contributed by atoms with E-state index in [1.807, 2.05) is 6.07 Å². The van der Waals surface area contributed by atoms with Gasteiger partial charge in [-0.3, -0.25) is 0 Å². The van der Waals surface area contributed by atoms with Crippen molar-refractivity contribution in [1.82, 2.24) is 4.90 Å². The molecule has 0 amide bonds. The fourth-order valence-corrected chi connectivity index (χ4v) is 4.45. The molecule has 0 aliphatic heterocycles. The van der Waals surface area contributed by atoms with Crippen LogP contribution in [0.2, 0.25) is 0 Å². The van der Waals surface area contributed by atoms with Gasteiger partial charge < -0.3 is 14.7 Å². The summed E-state index contributed by atoms with van der Waals surface area (Å²) in [5.41, 5.74) is 4.34. The van der Waals surface area contributed by atoms with E-state index < -0.39 is 5.60 Å². The van der Waals surface area contributed by atoms with E-state index in [0.29, 0.717) is 6.61 Å². The molecule has 3 heteroatoms. The van der Waals surface area contributed by atoms with Crippen molar-refractivity contribution in [3.05, 3.63) is 70.8 Å². The zero-order chi connectivity index (χ0) is 20.1. The van der Waals surface area contributed by atoms with Crippen LogP contribution in [0.3, 0.4) is 0 Å². The van der Waals surface area contributed by atoms with Gasteiger partial charge in [-0.2, -0.15) is 0 Å². The Bertz CT molecular complexity index is 758. The molecule has 3 atom stereocenters. The fourth-order valence-electron chi connectivity index (χ4n) is 4.45. The zero-order valence-corrected chi connectivity index (χ0v) is 17.8. The van der Waals surface area contributed by atoms with E-state index in [1.54, 1.807) is 0 Å². The van der Waals surface area contributed by atoms with Crippen LogP contribution in [0.25, 0.3) is 0 Å². The van der Waals surface area contributed by atoms with E-state index >= 15 is 0 Å². The highest BCUT2D eigenvalue weighted by atomic mass is 16.5. The second kappa shape index (κ2) is 9.21. The quantitative estimate of drug-likeness (QED) is 0.765. The topological polar surface area (TPSA) is 32.7 Å². The number of nitrogens with zero attached hydrogens (tertiary/aromatic N) is 1. The Balaban J connectivity index is 1.70. The summed E-state index contributed by atoms with van der Waals surface area (Å²) < 4.78 is 6.24. The Morgan fingerprint density at radius 1 is 1.11 bits per heavy atom.